The number of nitrogens with zero attached hydrogens (tertiary/aromatic N) is 3. The van der Waals surface area contributed by atoms with Crippen molar-refractivity contribution in [2.24, 2.45) is 22.7 Å². The van der Waals surface area contributed by atoms with Gasteiger partial charge in [0.1, 0.15) is 18.1 Å². The number of carbonyl (C=O) groups is 3. The van der Waals surface area contributed by atoms with Gasteiger partial charge in [0, 0.05) is 29.9 Å². The van der Waals surface area contributed by atoms with Crippen LogP contribution >= 0.6 is 0 Å². The van der Waals surface area contributed by atoms with Crippen LogP contribution in [0.3, 0.4) is 0 Å². The zero-order valence-corrected chi connectivity index (χ0v) is 21.8. The van der Waals surface area contributed by atoms with Gasteiger partial charge in [-0.3, -0.25) is 19.4 Å². The Balaban J connectivity index is 1.63. The molecule has 1 aliphatic carbocycles. The van der Waals surface area contributed by atoms with Gasteiger partial charge in [-0.1, -0.05) is 58.9 Å². The number of nitriles is 1. The first kappa shape index (κ1) is 27.4. The molecular formula is C27H30F3N5O3. The smallest absolute Gasteiger partial charge is 0.336 e. The minimum absolute atomic E-state index is 0.0408. The van der Waals surface area contributed by atoms with Crippen molar-refractivity contribution in [2.45, 2.75) is 58.9 Å². The summed E-state index contributed by atoms with van der Waals surface area (Å²) in [6, 6.07) is 5.78. The average molecular weight is 530 g/mol. The number of halogens is 3. The maximum absolute atomic E-state index is 13.7. The predicted octanol–water partition coefficient (Wildman–Crippen LogP) is 3.49. The molecular weight excluding hydrogens is 499 g/mol. The molecule has 8 nitrogen and oxygen atoms in total. The van der Waals surface area contributed by atoms with Gasteiger partial charge in [-0.2, -0.15) is 18.4 Å². The third-order valence-electron chi connectivity index (χ3n) is 7.83. The number of nitrogens with one attached hydrogen (secondary N) is 2. The van der Waals surface area contributed by atoms with Crippen molar-refractivity contribution >= 4 is 28.5 Å². The van der Waals surface area contributed by atoms with E-state index in [0.717, 1.165) is 10.8 Å². The minimum atomic E-state index is -5.16. The van der Waals surface area contributed by atoms with Crippen LogP contribution in [0.2, 0.25) is 0 Å². The fraction of sp³-hybridized carbons (Fsp3) is 0.519. The Kier molecular flexibility index (Phi) is 6.66. The van der Waals surface area contributed by atoms with Crippen LogP contribution in [0.15, 0.2) is 36.7 Å². The van der Waals surface area contributed by atoms with Crippen LogP contribution < -0.4 is 10.6 Å². The van der Waals surface area contributed by atoms with E-state index in [1.807, 2.05) is 37.4 Å². The van der Waals surface area contributed by atoms with Gasteiger partial charge in [-0.25, -0.2) is 0 Å². The summed E-state index contributed by atoms with van der Waals surface area (Å²) in [6.07, 6.45) is -2.02. The highest BCUT2D eigenvalue weighted by atomic mass is 19.4. The van der Waals surface area contributed by atoms with Crippen molar-refractivity contribution < 1.29 is 27.6 Å². The van der Waals surface area contributed by atoms with Crippen LogP contribution in [0, 0.1) is 34.0 Å². The van der Waals surface area contributed by atoms with Gasteiger partial charge in [0.15, 0.2) is 0 Å². The number of fused-ring (bicyclic) bond motifs is 2. The van der Waals surface area contributed by atoms with Crippen molar-refractivity contribution in [2.75, 3.05) is 6.54 Å². The monoisotopic (exact) mass is 529 g/mol. The number of hydrogen-bond donors (Lipinski definition) is 2. The fourth-order valence-corrected chi connectivity index (χ4v) is 5.62. The van der Waals surface area contributed by atoms with Crippen LogP contribution in [0.4, 0.5) is 13.2 Å². The van der Waals surface area contributed by atoms with Gasteiger partial charge < -0.3 is 15.5 Å². The Morgan fingerprint density at radius 1 is 1.13 bits per heavy atom. The van der Waals surface area contributed by atoms with Crippen LogP contribution in [-0.4, -0.2) is 52.4 Å². The Morgan fingerprint density at radius 3 is 2.39 bits per heavy atom. The molecule has 1 aromatic carbocycles. The summed E-state index contributed by atoms with van der Waals surface area (Å²) < 4.78 is 39.1. The first-order chi connectivity index (χ1) is 17.6. The van der Waals surface area contributed by atoms with E-state index in [0.29, 0.717) is 5.56 Å². The lowest BCUT2D eigenvalue weighted by atomic mass is 9.85. The molecule has 2 aromatic rings. The number of hydrogen-bond acceptors (Lipinski definition) is 5. The number of pyridine rings is 1. The van der Waals surface area contributed by atoms with Crippen LogP contribution in [-0.2, 0) is 14.4 Å². The highest BCUT2D eigenvalue weighted by molar-refractivity contribution is 5.95. The Morgan fingerprint density at radius 2 is 1.79 bits per heavy atom. The summed E-state index contributed by atoms with van der Waals surface area (Å²) in [5.41, 5.74) is -0.842. The number of piperidine rings is 1. The third kappa shape index (κ3) is 4.79. The maximum Gasteiger partial charge on any atom is 0.471 e. The topological polar surface area (TPSA) is 115 Å². The van der Waals surface area contributed by atoms with E-state index in [-0.39, 0.29) is 23.8 Å². The van der Waals surface area contributed by atoms with E-state index in [1.54, 1.807) is 33.0 Å². The van der Waals surface area contributed by atoms with Crippen molar-refractivity contribution in [1.29, 1.82) is 5.26 Å². The molecule has 0 bridgehead atoms. The van der Waals surface area contributed by atoms with E-state index >= 15 is 0 Å². The summed E-state index contributed by atoms with van der Waals surface area (Å²) in [5.74, 6) is -3.84. The second kappa shape index (κ2) is 9.26. The number of likely N-dealkylation sites (tertiary alicyclic amines) is 1. The van der Waals surface area contributed by atoms with Gasteiger partial charge in [0.25, 0.3) is 0 Å². The van der Waals surface area contributed by atoms with Crippen molar-refractivity contribution in [3.63, 3.8) is 0 Å². The normalized spacial score (nSPS) is 23.7. The Bertz CT molecular complexity index is 1320. The van der Waals surface area contributed by atoms with Crippen molar-refractivity contribution in [3.8, 4) is 6.07 Å². The molecule has 2 aliphatic rings. The Hall–Kier alpha value is -3.68. The number of aromatic nitrogens is 1. The lowest BCUT2D eigenvalue weighted by Gasteiger charge is -2.37. The van der Waals surface area contributed by atoms with Crippen LogP contribution in [0.25, 0.3) is 10.8 Å². The Labute approximate surface area is 218 Å². The zero-order chi connectivity index (χ0) is 28.2. The molecule has 2 N–H and O–H groups in total. The van der Waals surface area contributed by atoms with Gasteiger partial charge in [0.05, 0.1) is 6.07 Å². The van der Waals surface area contributed by atoms with E-state index in [9.17, 15) is 32.8 Å². The highest BCUT2D eigenvalue weighted by Gasteiger charge is 2.70. The molecule has 5 unspecified atom stereocenters. The SMILES string of the molecule is CC(C)(C)C(NC(=O)C(F)(F)F)C(=O)N1CC2C(C1C(=O)NC(C#N)c1cncc3ccccc13)C2(C)C. The van der Waals surface area contributed by atoms with Crippen LogP contribution in [0.1, 0.15) is 46.2 Å². The molecule has 202 valence electrons. The first-order valence-corrected chi connectivity index (χ1v) is 12.3. The number of alkyl halides is 3. The standard InChI is InChI=1S/C27H30F3N5O3/c1-25(2,3)21(34-24(38)27(28,29)30)23(37)35-13-17-19(26(17,4)5)20(35)22(36)33-18(10-31)16-12-32-11-14-8-6-7-9-15(14)16/h6-9,11-12,17-21H,13H2,1-5H3,(H,33,36)(H,34,38). The number of rotatable bonds is 5. The molecule has 1 aromatic heterocycles. The van der Waals surface area contributed by atoms with Gasteiger partial charge in [0.2, 0.25) is 11.8 Å². The number of carbonyl (C=O) groups excluding carboxylic acids is 3. The summed E-state index contributed by atoms with van der Waals surface area (Å²) >= 11 is 0. The van der Waals surface area contributed by atoms with Gasteiger partial charge >= 0.3 is 12.1 Å². The number of amides is 3. The zero-order valence-electron chi connectivity index (χ0n) is 21.8. The molecule has 1 saturated carbocycles. The molecule has 0 radical (unpaired) electrons. The molecule has 38 heavy (non-hydrogen) atoms. The molecule has 4 rings (SSSR count). The van der Waals surface area contributed by atoms with Crippen LogP contribution in [0.5, 0.6) is 0 Å². The second-order valence-corrected chi connectivity index (χ2v) is 11.7. The molecule has 2 fully saturated rings. The van der Waals surface area contributed by atoms with E-state index in [2.05, 4.69) is 16.4 Å². The van der Waals surface area contributed by atoms with E-state index in [1.165, 1.54) is 11.1 Å². The third-order valence-corrected chi connectivity index (χ3v) is 7.83. The summed E-state index contributed by atoms with van der Waals surface area (Å²) in [7, 11) is 0. The second-order valence-electron chi connectivity index (χ2n) is 11.7. The van der Waals surface area contributed by atoms with E-state index < -0.39 is 47.4 Å². The molecule has 1 saturated heterocycles. The summed E-state index contributed by atoms with van der Waals surface area (Å²) in [6.45, 7) is 8.72. The molecule has 1 aliphatic heterocycles. The lowest BCUT2D eigenvalue weighted by Crippen LogP contribution is -2.60. The number of benzene rings is 1. The minimum Gasteiger partial charge on any atom is -0.336 e. The first-order valence-electron chi connectivity index (χ1n) is 12.3. The maximum atomic E-state index is 13.7. The highest BCUT2D eigenvalue weighted by Crippen LogP contribution is 2.65. The molecule has 11 heteroatoms. The molecule has 2 heterocycles. The lowest BCUT2D eigenvalue weighted by molar-refractivity contribution is -0.176. The summed E-state index contributed by atoms with van der Waals surface area (Å²) in [5, 5.41) is 16.0. The van der Waals surface area contributed by atoms with Crippen molar-refractivity contribution in [3.05, 3.63) is 42.2 Å². The van der Waals surface area contributed by atoms with Gasteiger partial charge in [-0.05, 0) is 28.1 Å². The molecule has 0 spiro atoms. The molecule has 5 atom stereocenters. The van der Waals surface area contributed by atoms with Crippen molar-refractivity contribution in [1.82, 2.24) is 20.5 Å². The quantitative estimate of drug-likeness (QED) is 0.615. The molecule has 3 amide bonds. The predicted molar refractivity (Wildman–Crippen MR) is 132 cm³/mol. The van der Waals surface area contributed by atoms with E-state index in [4.69, 9.17) is 0 Å². The average Bonchev–Trinajstić information content (AvgIpc) is 3.16. The fourth-order valence-electron chi connectivity index (χ4n) is 5.62. The summed E-state index contributed by atoms with van der Waals surface area (Å²) in [4.78, 5) is 44.5. The van der Waals surface area contributed by atoms with Gasteiger partial charge in [-0.15, -0.1) is 0 Å². The largest absolute Gasteiger partial charge is 0.471 e.